The van der Waals surface area contributed by atoms with E-state index in [4.69, 9.17) is 26.5 Å². The highest BCUT2D eigenvalue weighted by atomic mass is 35.5. The monoisotopic (exact) mass is 976 g/mol. The van der Waals surface area contributed by atoms with Crippen molar-refractivity contribution in [2.24, 2.45) is 13.0 Å². The van der Waals surface area contributed by atoms with Crippen molar-refractivity contribution in [2.45, 2.75) is 52.1 Å². The number of aromatic nitrogens is 3. The number of carbonyl (C=O) groups is 5. The van der Waals surface area contributed by atoms with Gasteiger partial charge < -0.3 is 24.2 Å². The topological polar surface area (TPSA) is 163 Å². The molecule has 6 heterocycles. The summed E-state index contributed by atoms with van der Waals surface area (Å²) >= 11 is 7.10. The van der Waals surface area contributed by atoms with Gasteiger partial charge in [-0.15, -0.1) is 0 Å². The first-order valence-electron chi connectivity index (χ1n) is 23.6. The van der Waals surface area contributed by atoms with Gasteiger partial charge in [-0.3, -0.25) is 43.8 Å². The summed E-state index contributed by atoms with van der Waals surface area (Å²) in [5, 5.41) is 17.0. The number of rotatable bonds is 14. The number of aryl methyl sites for hydroxylation is 3. The standard InChI is InChI=1S/C51H51ClF2N8O6.CH4O/c1-29-46(30(2)57(3)56-29)47-39(52)12-11-36-35(7-5-21-68-44-8-4-6-32-22-33(53)9-10-34(32)44)43(28-63)61(48(36)47)20-19-58-15-17-59(18-16-58)25-31-26-60(27-31)42-24-38-37(23-40(42)54)50(66)62(51(38)67)41-13-14-45(64)55-49(41)65;1-2/h4,6,8-12,22-24,28,31,41H,5,7,13-21,25-27H2,1-3H3,(H,55,64,65);2H,1H3. The van der Waals surface area contributed by atoms with Crippen LogP contribution in [0, 0.1) is 31.4 Å². The molecule has 0 saturated carbocycles. The fourth-order valence-corrected chi connectivity index (χ4v) is 10.9. The van der Waals surface area contributed by atoms with Gasteiger partial charge in [0.05, 0.1) is 45.3 Å². The lowest BCUT2D eigenvalue weighted by Crippen LogP contribution is -2.55. The van der Waals surface area contributed by atoms with Gasteiger partial charge in [-0.1, -0.05) is 29.8 Å². The average molecular weight is 978 g/mol. The Hall–Kier alpha value is -6.53. The lowest BCUT2D eigenvalue weighted by atomic mass is 9.96. The Labute approximate surface area is 408 Å². The van der Waals surface area contributed by atoms with E-state index in [-0.39, 0.29) is 41.4 Å². The normalized spacial score (nSPS) is 17.8. The third-order valence-corrected chi connectivity index (χ3v) is 14.6. The number of ether oxygens (including phenoxy) is 1. The Morgan fingerprint density at radius 1 is 0.886 bits per heavy atom. The van der Waals surface area contributed by atoms with Gasteiger partial charge in [0.1, 0.15) is 23.4 Å². The minimum Gasteiger partial charge on any atom is -0.493 e. The molecule has 4 amide bonds. The molecule has 15 nitrogen and oxygen atoms in total. The van der Waals surface area contributed by atoms with E-state index in [1.165, 1.54) is 18.2 Å². The van der Waals surface area contributed by atoms with Gasteiger partial charge in [-0.2, -0.15) is 5.10 Å². The molecule has 0 aliphatic carbocycles. The van der Waals surface area contributed by atoms with Crippen molar-refractivity contribution in [3.05, 3.63) is 111 Å². The van der Waals surface area contributed by atoms with Crippen molar-refractivity contribution < 1.29 is 42.6 Å². The number of aliphatic hydroxyl groups excluding tert-OH is 1. The number of amides is 4. The second-order valence-corrected chi connectivity index (χ2v) is 18.8. The third-order valence-electron chi connectivity index (χ3n) is 14.3. The molecule has 1 atom stereocenters. The number of imide groups is 2. The number of nitrogens with zero attached hydrogens (tertiary/aromatic N) is 7. The van der Waals surface area contributed by atoms with Crippen LogP contribution in [0.25, 0.3) is 32.8 Å². The molecule has 70 heavy (non-hydrogen) atoms. The summed E-state index contributed by atoms with van der Waals surface area (Å²) < 4.78 is 39.7. The van der Waals surface area contributed by atoms with Crippen LogP contribution in [0.5, 0.6) is 5.75 Å². The molecule has 3 fully saturated rings. The van der Waals surface area contributed by atoms with E-state index in [9.17, 15) is 28.4 Å². The third kappa shape index (κ3) is 8.95. The van der Waals surface area contributed by atoms with Crippen molar-refractivity contribution in [1.82, 2.24) is 34.4 Å². The molecule has 3 saturated heterocycles. The van der Waals surface area contributed by atoms with E-state index in [1.54, 1.807) is 6.07 Å². The molecule has 1 unspecified atom stereocenters. The number of nitrogens with one attached hydrogen (secondary N) is 1. The largest absolute Gasteiger partial charge is 0.493 e. The highest BCUT2D eigenvalue weighted by Crippen LogP contribution is 2.42. The van der Waals surface area contributed by atoms with Gasteiger partial charge in [0.2, 0.25) is 11.8 Å². The molecular weight excluding hydrogens is 922 g/mol. The summed E-state index contributed by atoms with van der Waals surface area (Å²) in [5.74, 6) is -2.52. The minimum absolute atomic E-state index is 0.00457. The Balaban J connectivity index is 0.00000300. The average Bonchev–Trinajstić information content (AvgIpc) is 3.87. The number of aldehydes is 1. The van der Waals surface area contributed by atoms with Crippen LogP contribution < -0.4 is 15.0 Å². The molecule has 0 radical (unpaired) electrons. The van der Waals surface area contributed by atoms with Crippen LogP contribution in [0.15, 0.2) is 60.7 Å². The second kappa shape index (κ2) is 20.1. The highest BCUT2D eigenvalue weighted by Gasteiger charge is 2.46. The Morgan fingerprint density at radius 2 is 1.60 bits per heavy atom. The van der Waals surface area contributed by atoms with Crippen LogP contribution in [-0.2, 0) is 29.6 Å². The molecule has 10 rings (SSSR count). The number of piperazine rings is 1. The van der Waals surface area contributed by atoms with Crippen molar-refractivity contribution >= 4 is 68.9 Å². The predicted octanol–water partition coefficient (Wildman–Crippen LogP) is 6.33. The van der Waals surface area contributed by atoms with Crippen LogP contribution in [0.3, 0.4) is 0 Å². The molecule has 18 heteroatoms. The molecule has 4 aromatic carbocycles. The second-order valence-electron chi connectivity index (χ2n) is 18.4. The molecule has 2 N–H and O–H groups in total. The molecule has 0 spiro atoms. The molecule has 366 valence electrons. The van der Waals surface area contributed by atoms with E-state index >= 15 is 4.39 Å². The number of hydrogen-bond donors (Lipinski definition) is 2. The smallest absolute Gasteiger partial charge is 0.262 e. The SMILES string of the molecule is CO.Cc1nn(C)c(C)c1-c1c(Cl)ccc2c(CCCOc3cccc4cc(F)ccc34)c(C=O)n(CCN3CCN(CC4CN(c5cc6c(cc5F)C(=O)N(C5CCC(=O)NC5=O)C6=O)C4)CC3)c12. The number of anilines is 1. The first-order valence-corrected chi connectivity index (χ1v) is 24.0. The van der Waals surface area contributed by atoms with Gasteiger partial charge in [0, 0.05) is 113 Å². The molecule has 4 aliphatic heterocycles. The predicted molar refractivity (Wildman–Crippen MR) is 262 cm³/mol. The summed E-state index contributed by atoms with van der Waals surface area (Å²) in [6.45, 7) is 11.0. The van der Waals surface area contributed by atoms with E-state index in [0.29, 0.717) is 62.1 Å². The van der Waals surface area contributed by atoms with E-state index in [2.05, 4.69) is 19.7 Å². The molecule has 2 aromatic heterocycles. The van der Waals surface area contributed by atoms with Gasteiger partial charge in [-0.05, 0) is 86.5 Å². The maximum atomic E-state index is 15.5. The number of carbonyl (C=O) groups excluding carboxylic acids is 5. The Morgan fingerprint density at radius 3 is 2.30 bits per heavy atom. The van der Waals surface area contributed by atoms with Crippen molar-refractivity contribution in [2.75, 3.05) is 71.0 Å². The zero-order valence-corrected chi connectivity index (χ0v) is 40.3. The van der Waals surface area contributed by atoms with Crippen LogP contribution in [0.4, 0.5) is 14.5 Å². The van der Waals surface area contributed by atoms with E-state index in [1.807, 2.05) is 60.8 Å². The molecular formula is C52H55ClF2N8O7. The van der Waals surface area contributed by atoms with Crippen LogP contribution >= 0.6 is 11.6 Å². The molecule has 0 bridgehead atoms. The summed E-state index contributed by atoms with van der Waals surface area (Å²) in [7, 11) is 2.91. The minimum atomic E-state index is -1.12. The molecule has 6 aromatic rings. The zero-order chi connectivity index (χ0) is 49.5. The Bertz CT molecular complexity index is 3070. The van der Waals surface area contributed by atoms with E-state index in [0.717, 1.165) is 107 Å². The van der Waals surface area contributed by atoms with Gasteiger partial charge in [0.25, 0.3) is 11.8 Å². The summed E-state index contributed by atoms with van der Waals surface area (Å²) in [6.07, 6.45) is 2.21. The quantitative estimate of drug-likeness (QED) is 0.0713. The summed E-state index contributed by atoms with van der Waals surface area (Å²) in [6, 6.07) is 15.6. The number of benzene rings is 4. The summed E-state index contributed by atoms with van der Waals surface area (Å²) in [5.41, 5.74) is 6.30. The van der Waals surface area contributed by atoms with Gasteiger partial charge in [0.15, 0.2) is 6.29 Å². The van der Waals surface area contributed by atoms with Crippen molar-refractivity contribution in [3.8, 4) is 16.9 Å². The first kappa shape index (κ1) is 48.5. The Kier molecular flexibility index (Phi) is 13.9. The maximum Gasteiger partial charge on any atom is 0.262 e. The van der Waals surface area contributed by atoms with Gasteiger partial charge in [-0.25, -0.2) is 8.78 Å². The first-order chi connectivity index (χ1) is 33.8. The lowest BCUT2D eigenvalue weighted by molar-refractivity contribution is -0.136. The van der Waals surface area contributed by atoms with Crippen LogP contribution in [-0.4, -0.2) is 136 Å². The van der Waals surface area contributed by atoms with Crippen molar-refractivity contribution in [1.29, 1.82) is 0 Å². The van der Waals surface area contributed by atoms with E-state index < -0.39 is 35.5 Å². The fraction of sp³-hybridized carbons (Fsp3) is 0.385. The zero-order valence-electron chi connectivity index (χ0n) is 39.6. The number of aliphatic hydroxyl groups is 1. The van der Waals surface area contributed by atoms with Crippen LogP contribution in [0.1, 0.15) is 67.4 Å². The van der Waals surface area contributed by atoms with Crippen molar-refractivity contribution in [3.63, 3.8) is 0 Å². The highest BCUT2D eigenvalue weighted by molar-refractivity contribution is 6.35. The lowest BCUT2D eigenvalue weighted by Gasteiger charge is -2.45. The molecule has 4 aliphatic rings. The van der Waals surface area contributed by atoms with Crippen LogP contribution in [0.2, 0.25) is 5.02 Å². The fourth-order valence-electron chi connectivity index (χ4n) is 10.7. The maximum absolute atomic E-state index is 15.5. The number of hydrogen-bond acceptors (Lipinski definition) is 11. The summed E-state index contributed by atoms with van der Waals surface area (Å²) in [4.78, 5) is 71.5. The van der Waals surface area contributed by atoms with Gasteiger partial charge >= 0.3 is 0 Å². The number of piperidine rings is 1. The number of fused-ring (bicyclic) bond motifs is 3. The number of halogens is 3.